The number of phenolic OH excluding ortho intramolecular Hbond substituents is 1. The van der Waals surface area contributed by atoms with Crippen LogP contribution in [0.4, 0.5) is 5.69 Å². The van der Waals surface area contributed by atoms with Crippen LogP contribution in [-0.4, -0.2) is 20.7 Å². The molecule has 0 atom stereocenters. The monoisotopic (exact) mass is 483 g/mol. The second-order valence-corrected chi connectivity index (χ2v) is 8.00. The van der Waals surface area contributed by atoms with Crippen molar-refractivity contribution in [3.05, 3.63) is 81.0 Å². The van der Waals surface area contributed by atoms with Gasteiger partial charge < -0.3 is 9.51 Å². The Morgan fingerprint density at radius 2 is 1.96 bits per heavy atom. The molecule has 4 rings (SSSR count). The standard InChI is InChI=1S/C21H15Br2N3O/c1-13-5-6-26-12-19(25-20(26)7-13)14-3-2-4-17(9-14)24-11-15-8-16(22)10-18(23)21(15)27/h2-12,27H,1H3. The van der Waals surface area contributed by atoms with Crippen molar-refractivity contribution in [1.29, 1.82) is 0 Å². The highest BCUT2D eigenvalue weighted by atomic mass is 79.9. The van der Waals surface area contributed by atoms with Gasteiger partial charge in [0.15, 0.2) is 0 Å². The number of hydrogen-bond donors (Lipinski definition) is 1. The molecule has 0 amide bonds. The van der Waals surface area contributed by atoms with Gasteiger partial charge in [-0.1, -0.05) is 28.1 Å². The molecule has 0 spiro atoms. The number of nitrogens with zero attached hydrogens (tertiary/aromatic N) is 3. The molecule has 0 saturated heterocycles. The Balaban J connectivity index is 1.68. The van der Waals surface area contributed by atoms with Crippen molar-refractivity contribution in [2.75, 3.05) is 0 Å². The Morgan fingerprint density at radius 1 is 1.11 bits per heavy atom. The third-order valence-electron chi connectivity index (χ3n) is 4.17. The van der Waals surface area contributed by atoms with Crippen LogP contribution in [0.5, 0.6) is 5.75 Å². The van der Waals surface area contributed by atoms with Gasteiger partial charge >= 0.3 is 0 Å². The molecule has 2 heterocycles. The van der Waals surface area contributed by atoms with Crippen molar-refractivity contribution in [3.63, 3.8) is 0 Å². The van der Waals surface area contributed by atoms with Crippen LogP contribution >= 0.6 is 31.9 Å². The minimum Gasteiger partial charge on any atom is -0.506 e. The fourth-order valence-electron chi connectivity index (χ4n) is 2.80. The number of imidazole rings is 1. The summed E-state index contributed by atoms with van der Waals surface area (Å²) in [6.45, 7) is 2.05. The predicted molar refractivity (Wildman–Crippen MR) is 116 cm³/mol. The molecular weight excluding hydrogens is 470 g/mol. The molecule has 4 aromatic rings. The Morgan fingerprint density at radius 3 is 2.81 bits per heavy atom. The third-order valence-corrected chi connectivity index (χ3v) is 5.23. The Hall–Kier alpha value is -2.44. The van der Waals surface area contributed by atoms with Gasteiger partial charge in [-0.25, -0.2) is 4.98 Å². The summed E-state index contributed by atoms with van der Waals surface area (Å²) in [5.41, 5.74) is 5.40. The molecule has 4 nitrogen and oxygen atoms in total. The van der Waals surface area contributed by atoms with Gasteiger partial charge in [0, 0.05) is 34.2 Å². The molecule has 0 aliphatic rings. The van der Waals surface area contributed by atoms with Crippen LogP contribution in [0, 0.1) is 6.92 Å². The van der Waals surface area contributed by atoms with Crippen molar-refractivity contribution in [2.45, 2.75) is 6.92 Å². The van der Waals surface area contributed by atoms with E-state index in [1.165, 1.54) is 5.56 Å². The fourth-order valence-corrected chi connectivity index (χ4v) is 4.06. The maximum absolute atomic E-state index is 10.2. The minimum atomic E-state index is 0.161. The molecule has 2 aromatic heterocycles. The number of halogens is 2. The summed E-state index contributed by atoms with van der Waals surface area (Å²) < 4.78 is 3.49. The average Bonchev–Trinajstić information content (AvgIpc) is 3.07. The van der Waals surface area contributed by atoms with Crippen LogP contribution in [0.15, 0.2) is 74.9 Å². The SMILES string of the molecule is Cc1ccn2cc(-c3cccc(N=Cc4cc(Br)cc(Br)c4O)c3)nc2c1. The molecule has 2 aromatic carbocycles. The molecular formula is C21H15Br2N3O. The zero-order valence-electron chi connectivity index (χ0n) is 14.4. The van der Waals surface area contributed by atoms with E-state index in [0.29, 0.717) is 10.0 Å². The molecule has 0 unspecified atom stereocenters. The molecule has 1 N–H and O–H groups in total. The largest absolute Gasteiger partial charge is 0.506 e. The van der Waals surface area contributed by atoms with E-state index in [1.807, 2.05) is 47.1 Å². The molecule has 0 aliphatic heterocycles. The lowest BCUT2D eigenvalue weighted by Gasteiger charge is -2.03. The number of aromatic nitrogens is 2. The zero-order chi connectivity index (χ0) is 19.0. The molecule has 0 saturated carbocycles. The van der Waals surface area contributed by atoms with Crippen molar-refractivity contribution >= 4 is 49.4 Å². The Labute approximate surface area is 173 Å². The highest BCUT2D eigenvalue weighted by Gasteiger charge is 2.07. The van der Waals surface area contributed by atoms with E-state index in [0.717, 1.165) is 27.1 Å². The first-order chi connectivity index (χ1) is 13.0. The first kappa shape index (κ1) is 17.9. The minimum absolute atomic E-state index is 0.161. The van der Waals surface area contributed by atoms with E-state index >= 15 is 0 Å². The summed E-state index contributed by atoms with van der Waals surface area (Å²) in [6.07, 6.45) is 5.67. The lowest BCUT2D eigenvalue weighted by atomic mass is 10.1. The molecule has 0 fully saturated rings. The quantitative estimate of drug-likeness (QED) is 0.347. The number of aryl methyl sites for hydroxylation is 1. The van der Waals surface area contributed by atoms with E-state index in [-0.39, 0.29) is 5.75 Å². The first-order valence-electron chi connectivity index (χ1n) is 8.27. The van der Waals surface area contributed by atoms with Crippen LogP contribution < -0.4 is 0 Å². The maximum atomic E-state index is 10.2. The van der Waals surface area contributed by atoms with E-state index < -0.39 is 0 Å². The van der Waals surface area contributed by atoms with Gasteiger partial charge in [0.05, 0.1) is 15.9 Å². The van der Waals surface area contributed by atoms with Crippen molar-refractivity contribution in [2.24, 2.45) is 4.99 Å². The van der Waals surface area contributed by atoms with Crippen molar-refractivity contribution in [1.82, 2.24) is 9.38 Å². The van der Waals surface area contributed by atoms with Gasteiger partial charge in [0.25, 0.3) is 0 Å². The number of benzene rings is 2. The predicted octanol–water partition coefficient (Wildman–Crippen LogP) is 6.29. The number of pyridine rings is 1. The van der Waals surface area contributed by atoms with E-state index in [1.54, 1.807) is 12.3 Å². The summed E-state index contributed by atoms with van der Waals surface area (Å²) >= 11 is 6.76. The first-order valence-corrected chi connectivity index (χ1v) is 9.86. The zero-order valence-corrected chi connectivity index (χ0v) is 17.6. The molecule has 6 heteroatoms. The lowest BCUT2D eigenvalue weighted by Crippen LogP contribution is -1.84. The topological polar surface area (TPSA) is 49.9 Å². The summed E-state index contributed by atoms with van der Waals surface area (Å²) in [5.74, 6) is 0.161. The van der Waals surface area contributed by atoms with Gasteiger partial charge in [0.2, 0.25) is 0 Å². The second-order valence-electron chi connectivity index (χ2n) is 6.23. The normalized spacial score (nSPS) is 11.5. The number of fused-ring (bicyclic) bond motifs is 1. The third kappa shape index (κ3) is 3.82. The summed E-state index contributed by atoms with van der Waals surface area (Å²) in [7, 11) is 0. The molecule has 27 heavy (non-hydrogen) atoms. The number of rotatable bonds is 3. The molecule has 0 bridgehead atoms. The second kappa shape index (κ2) is 7.29. The van der Waals surface area contributed by atoms with Crippen LogP contribution in [0.25, 0.3) is 16.9 Å². The highest BCUT2D eigenvalue weighted by molar-refractivity contribution is 9.11. The van der Waals surface area contributed by atoms with Gasteiger partial charge in [-0.15, -0.1) is 0 Å². The van der Waals surface area contributed by atoms with Gasteiger partial charge in [-0.2, -0.15) is 0 Å². The van der Waals surface area contributed by atoms with Crippen LogP contribution in [0.1, 0.15) is 11.1 Å². The Kier molecular flexibility index (Phi) is 4.85. The Bertz CT molecular complexity index is 1180. The summed E-state index contributed by atoms with van der Waals surface area (Å²) in [6, 6.07) is 15.6. The maximum Gasteiger partial charge on any atom is 0.138 e. The van der Waals surface area contributed by atoms with E-state index in [9.17, 15) is 5.11 Å². The highest BCUT2D eigenvalue weighted by Crippen LogP contribution is 2.31. The number of hydrogen-bond acceptors (Lipinski definition) is 3. The number of aromatic hydroxyl groups is 1. The lowest BCUT2D eigenvalue weighted by molar-refractivity contribution is 0.471. The van der Waals surface area contributed by atoms with Crippen molar-refractivity contribution < 1.29 is 5.11 Å². The fraction of sp³-hybridized carbons (Fsp3) is 0.0476. The van der Waals surface area contributed by atoms with Crippen LogP contribution in [-0.2, 0) is 0 Å². The molecule has 0 radical (unpaired) electrons. The van der Waals surface area contributed by atoms with E-state index in [2.05, 4.69) is 55.9 Å². The van der Waals surface area contributed by atoms with Gasteiger partial charge in [-0.3, -0.25) is 4.99 Å². The number of phenols is 1. The van der Waals surface area contributed by atoms with Crippen molar-refractivity contribution in [3.8, 4) is 17.0 Å². The molecule has 134 valence electrons. The van der Waals surface area contributed by atoms with E-state index in [4.69, 9.17) is 4.98 Å². The summed E-state index contributed by atoms with van der Waals surface area (Å²) in [5, 5.41) is 10.2. The average molecular weight is 485 g/mol. The smallest absolute Gasteiger partial charge is 0.138 e. The van der Waals surface area contributed by atoms with Gasteiger partial charge in [0.1, 0.15) is 11.4 Å². The van der Waals surface area contributed by atoms with Crippen LogP contribution in [0.2, 0.25) is 0 Å². The number of aliphatic imine (C=N–C) groups is 1. The molecule has 0 aliphatic carbocycles. The van der Waals surface area contributed by atoms with Gasteiger partial charge in [-0.05, 0) is 64.8 Å². The van der Waals surface area contributed by atoms with Crippen LogP contribution in [0.3, 0.4) is 0 Å². The summed E-state index contributed by atoms with van der Waals surface area (Å²) in [4.78, 5) is 9.21.